The average Bonchev–Trinajstić information content (AvgIpc) is 2.76. The quantitative estimate of drug-likeness (QED) is 0.545. The highest BCUT2D eigenvalue weighted by Crippen LogP contribution is 2.27. The van der Waals surface area contributed by atoms with Crippen molar-refractivity contribution in [1.29, 1.82) is 0 Å². The van der Waals surface area contributed by atoms with Crippen LogP contribution in [0.4, 0.5) is 16.2 Å². The second-order valence-electron chi connectivity index (χ2n) is 7.06. The molecule has 0 aliphatic heterocycles. The van der Waals surface area contributed by atoms with Crippen LogP contribution in [0.3, 0.4) is 0 Å². The Balaban J connectivity index is 1.79. The number of rotatable bonds is 6. The minimum atomic E-state index is -1.20. The van der Waals surface area contributed by atoms with Crippen molar-refractivity contribution in [2.24, 2.45) is 0 Å². The summed E-state index contributed by atoms with van der Waals surface area (Å²) in [7, 11) is 1.63. The van der Waals surface area contributed by atoms with E-state index in [4.69, 9.17) is 0 Å². The molecule has 0 heterocycles. The van der Waals surface area contributed by atoms with Crippen molar-refractivity contribution in [2.75, 3.05) is 17.7 Å². The number of urea groups is 1. The van der Waals surface area contributed by atoms with Gasteiger partial charge in [0.1, 0.15) is 0 Å². The summed E-state index contributed by atoms with van der Waals surface area (Å²) in [6.45, 7) is 1.96. The van der Waals surface area contributed by atoms with Crippen LogP contribution in [0.1, 0.15) is 31.8 Å². The lowest BCUT2D eigenvalue weighted by Gasteiger charge is -2.20. The van der Waals surface area contributed by atoms with Crippen LogP contribution in [0, 0.1) is 6.92 Å². The number of nitrogens with one attached hydrogen (secondary N) is 2. The highest BCUT2D eigenvalue weighted by atomic mass is 16.4. The fraction of sp³-hybridized carbons (Fsp3) is 0.125. The van der Waals surface area contributed by atoms with Gasteiger partial charge in [0, 0.05) is 24.8 Å². The van der Waals surface area contributed by atoms with Crippen molar-refractivity contribution in [3.8, 4) is 0 Å². The Hall–Kier alpha value is -4.13. The van der Waals surface area contributed by atoms with Gasteiger partial charge in [-0.2, -0.15) is 0 Å². The second-order valence-corrected chi connectivity index (χ2v) is 7.06. The second kappa shape index (κ2) is 9.58. The lowest BCUT2D eigenvalue weighted by molar-refractivity contribution is 0.0697. The van der Waals surface area contributed by atoms with Crippen LogP contribution in [-0.2, 0) is 6.54 Å². The molecule has 3 rings (SSSR count). The molecule has 0 aromatic heterocycles. The highest BCUT2D eigenvalue weighted by Gasteiger charge is 2.20. The van der Waals surface area contributed by atoms with Gasteiger partial charge in [-0.25, -0.2) is 9.59 Å². The molecular weight excluding hydrogens is 394 g/mol. The van der Waals surface area contributed by atoms with Crippen molar-refractivity contribution >= 4 is 29.3 Å². The predicted octanol–water partition coefficient (Wildman–Crippen LogP) is 4.61. The number of anilines is 2. The van der Waals surface area contributed by atoms with Crippen LogP contribution in [0.5, 0.6) is 0 Å². The van der Waals surface area contributed by atoms with Gasteiger partial charge >= 0.3 is 12.0 Å². The van der Waals surface area contributed by atoms with Crippen LogP contribution in [0.25, 0.3) is 0 Å². The van der Waals surface area contributed by atoms with Crippen molar-refractivity contribution in [1.82, 2.24) is 4.90 Å². The van der Waals surface area contributed by atoms with E-state index in [1.165, 1.54) is 11.0 Å². The van der Waals surface area contributed by atoms with Crippen molar-refractivity contribution in [3.63, 3.8) is 0 Å². The molecule has 0 bridgehead atoms. The summed E-state index contributed by atoms with van der Waals surface area (Å²) in [5.74, 6) is -1.55. The first-order valence-corrected chi connectivity index (χ1v) is 9.66. The van der Waals surface area contributed by atoms with E-state index in [-0.39, 0.29) is 17.2 Å². The standard InChI is InChI=1S/C24H23N3O4/c1-16-19(25-22(28)18-11-7-4-8-12-18)13-14-20(21(16)23(29)30)26-24(31)27(2)15-17-9-5-3-6-10-17/h3-14H,15H2,1-2H3,(H,25,28)(H,26,31)(H,29,30). The third-order valence-electron chi connectivity index (χ3n) is 4.81. The average molecular weight is 417 g/mol. The number of carbonyl (C=O) groups is 3. The molecule has 0 aliphatic rings. The molecule has 3 N–H and O–H groups in total. The van der Waals surface area contributed by atoms with Gasteiger partial charge in [-0.3, -0.25) is 4.79 Å². The minimum Gasteiger partial charge on any atom is -0.478 e. The molecule has 0 fully saturated rings. The number of hydrogen-bond donors (Lipinski definition) is 3. The number of carboxylic acid groups (broad SMARTS) is 1. The molecule has 0 spiro atoms. The lowest BCUT2D eigenvalue weighted by atomic mass is 10.0. The first-order valence-electron chi connectivity index (χ1n) is 9.66. The van der Waals surface area contributed by atoms with Crippen molar-refractivity contribution in [2.45, 2.75) is 13.5 Å². The van der Waals surface area contributed by atoms with Crippen LogP contribution in [0.2, 0.25) is 0 Å². The van der Waals surface area contributed by atoms with Crippen molar-refractivity contribution < 1.29 is 19.5 Å². The van der Waals surface area contributed by atoms with E-state index in [0.717, 1.165) is 5.56 Å². The van der Waals surface area contributed by atoms with Gasteiger partial charge in [-0.05, 0) is 42.3 Å². The Morgan fingerprint density at radius 1 is 0.839 bits per heavy atom. The molecule has 0 atom stereocenters. The zero-order valence-corrected chi connectivity index (χ0v) is 17.3. The smallest absolute Gasteiger partial charge is 0.338 e. The summed E-state index contributed by atoms with van der Waals surface area (Å²) in [6.07, 6.45) is 0. The van der Waals surface area contributed by atoms with Gasteiger partial charge in [0.2, 0.25) is 0 Å². The number of amides is 3. The summed E-state index contributed by atoms with van der Waals surface area (Å²) in [4.78, 5) is 38.4. The molecule has 3 aromatic rings. The maximum atomic E-state index is 12.6. The van der Waals surface area contributed by atoms with Gasteiger partial charge in [0.05, 0.1) is 11.3 Å². The summed E-state index contributed by atoms with van der Waals surface area (Å²) < 4.78 is 0. The largest absolute Gasteiger partial charge is 0.478 e. The molecular formula is C24H23N3O4. The highest BCUT2D eigenvalue weighted by molar-refractivity contribution is 6.07. The number of carboxylic acids is 1. The van der Waals surface area contributed by atoms with Gasteiger partial charge in [-0.15, -0.1) is 0 Å². The molecule has 3 aromatic carbocycles. The maximum Gasteiger partial charge on any atom is 0.338 e. The van der Waals surface area contributed by atoms with E-state index in [1.807, 2.05) is 30.3 Å². The molecule has 0 saturated heterocycles. The SMILES string of the molecule is Cc1c(NC(=O)c2ccccc2)ccc(NC(=O)N(C)Cc2ccccc2)c1C(=O)O. The van der Waals surface area contributed by atoms with E-state index in [2.05, 4.69) is 10.6 Å². The summed E-state index contributed by atoms with van der Waals surface area (Å²) >= 11 is 0. The monoisotopic (exact) mass is 417 g/mol. The van der Waals surface area contributed by atoms with Gasteiger partial charge in [-0.1, -0.05) is 48.5 Å². The Labute approximate surface area is 180 Å². The van der Waals surface area contributed by atoms with Crippen LogP contribution >= 0.6 is 0 Å². The zero-order valence-electron chi connectivity index (χ0n) is 17.3. The summed E-state index contributed by atoms with van der Waals surface area (Å²) in [5, 5.41) is 15.1. The fourth-order valence-corrected chi connectivity index (χ4v) is 3.15. The third-order valence-corrected chi connectivity index (χ3v) is 4.81. The van der Waals surface area contributed by atoms with Crippen LogP contribution in [0.15, 0.2) is 72.8 Å². The molecule has 158 valence electrons. The van der Waals surface area contributed by atoms with E-state index >= 15 is 0 Å². The molecule has 0 radical (unpaired) electrons. The molecule has 0 saturated carbocycles. The molecule has 0 unspecified atom stereocenters. The first-order chi connectivity index (χ1) is 14.9. The number of carbonyl (C=O) groups excluding carboxylic acids is 2. The molecule has 7 nitrogen and oxygen atoms in total. The topological polar surface area (TPSA) is 98.7 Å². The summed E-state index contributed by atoms with van der Waals surface area (Å²) in [6, 6.07) is 20.7. The van der Waals surface area contributed by atoms with E-state index < -0.39 is 12.0 Å². The molecule has 7 heteroatoms. The third kappa shape index (κ3) is 5.27. The molecule has 31 heavy (non-hydrogen) atoms. The number of benzene rings is 3. The zero-order chi connectivity index (χ0) is 22.4. The van der Waals surface area contributed by atoms with Gasteiger partial charge in [0.15, 0.2) is 0 Å². The Morgan fingerprint density at radius 3 is 2.03 bits per heavy atom. The Bertz CT molecular complexity index is 1100. The normalized spacial score (nSPS) is 10.3. The summed E-state index contributed by atoms with van der Waals surface area (Å²) in [5.41, 5.74) is 2.20. The van der Waals surface area contributed by atoms with E-state index in [0.29, 0.717) is 23.4 Å². The van der Waals surface area contributed by atoms with E-state index in [1.54, 1.807) is 50.4 Å². The lowest BCUT2D eigenvalue weighted by Crippen LogP contribution is -2.31. The Morgan fingerprint density at radius 2 is 1.42 bits per heavy atom. The number of hydrogen-bond acceptors (Lipinski definition) is 3. The fourth-order valence-electron chi connectivity index (χ4n) is 3.15. The first kappa shape index (κ1) is 21.6. The Kier molecular flexibility index (Phi) is 6.67. The molecule has 3 amide bonds. The van der Waals surface area contributed by atoms with Crippen molar-refractivity contribution in [3.05, 3.63) is 95.1 Å². The van der Waals surface area contributed by atoms with Gasteiger partial charge in [0.25, 0.3) is 5.91 Å². The van der Waals surface area contributed by atoms with E-state index in [9.17, 15) is 19.5 Å². The van der Waals surface area contributed by atoms with Crippen LogP contribution < -0.4 is 10.6 Å². The number of nitrogens with zero attached hydrogens (tertiary/aromatic N) is 1. The van der Waals surface area contributed by atoms with Crippen LogP contribution in [-0.4, -0.2) is 35.0 Å². The molecule has 0 aliphatic carbocycles. The van der Waals surface area contributed by atoms with Gasteiger partial charge < -0.3 is 20.6 Å². The predicted molar refractivity (Wildman–Crippen MR) is 119 cm³/mol. The minimum absolute atomic E-state index is 0.0766. The maximum absolute atomic E-state index is 12.6. The number of aromatic carboxylic acids is 1.